The Kier molecular flexibility index (Phi) is 2.17. The first kappa shape index (κ1) is 9.78. The zero-order valence-corrected chi connectivity index (χ0v) is 9.23. The molecule has 0 spiro atoms. The number of nitrogen functional groups attached to an aromatic ring is 2. The van der Waals surface area contributed by atoms with Crippen molar-refractivity contribution in [3.05, 3.63) is 18.2 Å². The van der Waals surface area contributed by atoms with Gasteiger partial charge in [0.25, 0.3) is 0 Å². The molecular weight excluding hydrogens is 202 g/mol. The fourth-order valence-electron chi connectivity index (χ4n) is 2.58. The highest BCUT2D eigenvalue weighted by molar-refractivity contribution is 5.70. The van der Waals surface area contributed by atoms with Gasteiger partial charge in [-0.3, -0.25) is 0 Å². The number of fused-ring (bicyclic) bond motifs is 2. The number of ether oxygens (including phenoxy) is 1. The van der Waals surface area contributed by atoms with Crippen LogP contribution in [0.5, 0.6) is 0 Å². The minimum atomic E-state index is 0.400. The molecule has 1 aromatic rings. The third kappa shape index (κ3) is 1.59. The molecule has 2 atom stereocenters. The molecule has 2 aliphatic heterocycles. The first-order valence-corrected chi connectivity index (χ1v) is 5.78. The van der Waals surface area contributed by atoms with Crippen LogP contribution in [-0.4, -0.2) is 25.3 Å². The molecule has 4 N–H and O–H groups in total. The minimum Gasteiger partial charge on any atom is -0.397 e. The van der Waals surface area contributed by atoms with Gasteiger partial charge in [-0.1, -0.05) is 0 Å². The van der Waals surface area contributed by atoms with Crippen molar-refractivity contribution in [2.75, 3.05) is 29.5 Å². The maximum absolute atomic E-state index is 5.83. The molecule has 2 bridgehead atoms. The molecule has 86 valence electrons. The van der Waals surface area contributed by atoms with E-state index in [0.717, 1.165) is 18.8 Å². The van der Waals surface area contributed by atoms with Crippen LogP contribution < -0.4 is 16.4 Å². The number of nitrogens with two attached hydrogens (primary N) is 2. The molecule has 3 rings (SSSR count). The van der Waals surface area contributed by atoms with Crippen LogP contribution >= 0.6 is 0 Å². The maximum atomic E-state index is 5.83. The first-order chi connectivity index (χ1) is 7.72. The lowest BCUT2D eigenvalue weighted by Gasteiger charge is -2.34. The standard InChI is InChI=1S/C12H17N3O/c13-11-4-1-8(5-12(11)14)15-6-9-2-3-10(7-15)16-9/h1,4-5,9-10H,2-3,6-7,13-14H2. The number of benzene rings is 1. The van der Waals surface area contributed by atoms with E-state index in [1.807, 2.05) is 18.2 Å². The Bertz CT molecular complexity index is 395. The highest BCUT2D eigenvalue weighted by Gasteiger charge is 2.33. The Hall–Kier alpha value is -1.42. The van der Waals surface area contributed by atoms with E-state index in [9.17, 15) is 0 Å². The summed E-state index contributed by atoms with van der Waals surface area (Å²) >= 11 is 0. The summed E-state index contributed by atoms with van der Waals surface area (Å²) in [6.07, 6.45) is 3.17. The van der Waals surface area contributed by atoms with Crippen LogP contribution in [0.1, 0.15) is 12.8 Å². The smallest absolute Gasteiger partial charge is 0.0755 e. The number of anilines is 3. The molecule has 2 heterocycles. The average Bonchev–Trinajstić information content (AvgIpc) is 2.62. The second-order valence-electron chi connectivity index (χ2n) is 4.68. The topological polar surface area (TPSA) is 64.5 Å². The SMILES string of the molecule is Nc1ccc(N2CC3CCC(C2)O3)cc1N. The van der Waals surface area contributed by atoms with Crippen molar-refractivity contribution < 1.29 is 4.74 Å². The van der Waals surface area contributed by atoms with Gasteiger partial charge in [0.15, 0.2) is 0 Å². The van der Waals surface area contributed by atoms with Crippen molar-refractivity contribution in [2.45, 2.75) is 25.0 Å². The van der Waals surface area contributed by atoms with Crippen LogP contribution in [0.15, 0.2) is 18.2 Å². The van der Waals surface area contributed by atoms with Gasteiger partial charge in [0.2, 0.25) is 0 Å². The Morgan fingerprint density at radius 2 is 1.75 bits per heavy atom. The normalized spacial score (nSPS) is 28.4. The van der Waals surface area contributed by atoms with Gasteiger partial charge in [0, 0.05) is 18.8 Å². The second-order valence-corrected chi connectivity index (χ2v) is 4.68. The van der Waals surface area contributed by atoms with E-state index in [1.165, 1.54) is 12.8 Å². The lowest BCUT2D eigenvalue weighted by molar-refractivity contribution is 0.0305. The minimum absolute atomic E-state index is 0.400. The predicted octanol–water partition coefficient (Wildman–Crippen LogP) is 1.22. The Morgan fingerprint density at radius 1 is 1.06 bits per heavy atom. The fourth-order valence-corrected chi connectivity index (χ4v) is 2.58. The van der Waals surface area contributed by atoms with Crippen molar-refractivity contribution in [1.29, 1.82) is 0 Å². The Morgan fingerprint density at radius 3 is 2.38 bits per heavy atom. The van der Waals surface area contributed by atoms with Crippen molar-refractivity contribution >= 4 is 17.1 Å². The molecule has 0 aromatic heterocycles. The van der Waals surface area contributed by atoms with Crippen molar-refractivity contribution in [3.8, 4) is 0 Å². The molecule has 4 heteroatoms. The summed E-state index contributed by atoms with van der Waals surface area (Å²) in [4.78, 5) is 2.35. The van der Waals surface area contributed by atoms with Gasteiger partial charge in [-0.2, -0.15) is 0 Å². The van der Waals surface area contributed by atoms with Gasteiger partial charge in [-0.15, -0.1) is 0 Å². The molecule has 16 heavy (non-hydrogen) atoms. The number of morpholine rings is 1. The van der Waals surface area contributed by atoms with Crippen LogP contribution in [0, 0.1) is 0 Å². The fraction of sp³-hybridized carbons (Fsp3) is 0.500. The lowest BCUT2D eigenvalue weighted by Crippen LogP contribution is -2.42. The predicted molar refractivity (Wildman–Crippen MR) is 65.4 cm³/mol. The molecule has 2 aliphatic rings. The summed E-state index contributed by atoms with van der Waals surface area (Å²) in [5.41, 5.74) is 14.0. The molecule has 2 fully saturated rings. The quantitative estimate of drug-likeness (QED) is 0.697. The zero-order valence-electron chi connectivity index (χ0n) is 9.23. The molecular formula is C12H17N3O. The van der Waals surface area contributed by atoms with Gasteiger partial charge in [-0.25, -0.2) is 0 Å². The number of hydrogen-bond acceptors (Lipinski definition) is 4. The van der Waals surface area contributed by atoms with Crippen molar-refractivity contribution in [2.24, 2.45) is 0 Å². The van der Waals surface area contributed by atoms with E-state index >= 15 is 0 Å². The van der Waals surface area contributed by atoms with E-state index in [-0.39, 0.29) is 0 Å². The Labute approximate surface area is 95.2 Å². The van der Waals surface area contributed by atoms with Crippen LogP contribution in [0.2, 0.25) is 0 Å². The second kappa shape index (κ2) is 3.56. The van der Waals surface area contributed by atoms with Gasteiger partial charge in [0.1, 0.15) is 0 Å². The summed E-state index contributed by atoms with van der Waals surface area (Å²) in [6.45, 7) is 1.94. The first-order valence-electron chi connectivity index (χ1n) is 5.78. The van der Waals surface area contributed by atoms with E-state index in [2.05, 4.69) is 4.90 Å². The van der Waals surface area contributed by atoms with Crippen LogP contribution in [0.4, 0.5) is 17.1 Å². The van der Waals surface area contributed by atoms with Gasteiger partial charge in [-0.05, 0) is 31.0 Å². The molecule has 1 aromatic carbocycles. The summed E-state index contributed by atoms with van der Waals surface area (Å²) in [5, 5.41) is 0. The Balaban J connectivity index is 1.84. The molecule has 0 amide bonds. The largest absolute Gasteiger partial charge is 0.397 e. The average molecular weight is 219 g/mol. The highest BCUT2D eigenvalue weighted by atomic mass is 16.5. The number of rotatable bonds is 1. The molecule has 2 unspecified atom stereocenters. The molecule has 2 saturated heterocycles. The van der Waals surface area contributed by atoms with E-state index in [1.54, 1.807) is 0 Å². The molecule has 4 nitrogen and oxygen atoms in total. The maximum Gasteiger partial charge on any atom is 0.0755 e. The van der Waals surface area contributed by atoms with Crippen LogP contribution in [0.25, 0.3) is 0 Å². The number of nitrogens with zero attached hydrogens (tertiary/aromatic N) is 1. The summed E-state index contributed by atoms with van der Waals surface area (Å²) in [7, 11) is 0. The molecule has 0 saturated carbocycles. The van der Waals surface area contributed by atoms with Crippen molar-refractivity contribution in [3.63, 3.8) is 0 Å². The van der Waals surface area contributed by atoms with Gasteiger partial charge >= 0.3 is 0 Å². The molecule has 0 aliphatic carbocycles. The van der Waals surface area contributed by atoms with Gasteiger partial charge < -0.3 is 21.1 Å². The molecule has 0 radical (unpaired) electrons. The van der Waals surface area contributed by atoms with Crippen LogP contribution in [-0.2, 0) is 4.74 Å². The lowest BCUT2D eigenvalue weighted by atomic mass is 10.2. The third-order valence-corrected chi connectivity index (χ3v) is 3.48. The van der Waals surface area contributed by atoms with Gasteiger partial charge in [0.05, 0.1) is 23.6 Å². The van der Waals surface area contributed by atoms with E-state index in [0.29, 0.717) is 23.6 Å². The zero-order chi connectivity index (χ0) is 11.1. The number of hydrogen-bond donors (Lipinski definition) is 2. The van der Waals surface area contributed by atoms with Crippen molar-refractivity contribution in [1.82, 2.24) is 0 Å². The monoisotopic (exact) mass is 219 g/mol. The summed E-state index contributed by atoms with van der Waals surface area (Å²) < 4.78 is 5.81. The summed E-state index contributed by atoms with van der Waals surface area (Å²) in [5.74, 6) is 0. The summed E-state index contributed by atoms with van der Waals surface area (Å²) in [6, 6.07) is 5.87. The third-order valence-electron chi connectivity index (χ3n) is 3.48. The van der Waals surface area contributed by atoms with E-state index in [4.69, 9.17) is 16.2 Å². The highest BCUT2D eigenvalue weighted by Crippen LogP contribution is 2.31. The van der Waals surface area contributed by atoms with E-state index < -0.39 is 0 Å². The van der Waals surface area contributed by atoms with Crippen LogP contribution in [0.3, 0.4) is 0 Å².